The molecule has 6 heteroatoms. The van der Waals surface area contributed by atoms with E-state index in [1.807, 2.05) is 34.9 Å². The Bertz CT molecular complexity index is 645. The number of fused-ring (bicyclic) bond motifs is 1. The van der Waals surface area contributed by atoms with E-state index in [9.17, 15) is 0 Å². The Morgan fingerprint density at radius 3 is 3.09 bits per heavy atom. The van der Waals surface area contributed by atoms with Crippen LogP contribution >= 0.6 is 0 Å². The van der Waals surface area contributed by atoms with Crippen LogP contribution in [0.2, 0.25) is 0 Å². The molecule has 0 amide bonds. The quantitative estimate of drug-likeness (QED) is 0.351. The summed E-state index contributed by atoms with van der Waals surface area (Å²) in [4.78, 5) is 6.86. The SMILES string of the molecule is C=CCCCN(C)C(=NCCc1nnc2ccccn12)NCC. The molecular formula is C17H26N6. The lowest BCUT2D eigenvalue weighted by Crippen LogP contribution is -2.39. The Labute approximate surface area is 137 Å². The molecule has 2 heterocycles. The number of hydrogen-bond donors (Lipinski definition) is 1. The number of pyridine rings is 1. The fraction of sp³-hybridized carbons (Fsp3) is 0.471. The Hall–Kier alpha value is -2.37. The van der Waals surface area contributed by atoms with Gasteiger partial charge in [-0.25, -0.2) is 0 Å². The highest BCUT2D eigenvalue weighted by atomic mass is 15.3. The van der Waals surface area contributed by atoms with Gasteiger partial charge in [-0.15, -0.1) is 16.8 Å². The van der Waals surface area contributed by atoms with Crippen molar-refractivity contribution in [3.05, 3.63) is 42.9 Å². The average molecular weight is 314 g/mol. The van der Waals surface area contributed by atoms with Crippen molar-refractivity contribution < 1.29 is 0 Å². The van der Waals surface area contributed by atoms with Crippen LogP contribution in [0.1, 0.15) is 25.6 Å². The van der Waals surface area contributed by atoms with Gasteiger partial charge in [0.2, 0.25) is 0 Å². The van der Waals surface area contributed by atoms with Gasteiger partial charge in [-0.1, -0.05) is 12.1 Å². The van der Waals surface area contributed by atoms with Crippen LogP contribution in [0.3, 0.4) is 0 Å². The molecule has 0 spiro atoms. The summed E-state index contributed by atoms with van der Waals surface area (Å²) in [6.45, 7) is 8.35. The van der Waals surface area contributed by atoms with Gasteiger partial charge < -0.3 is 10.2 Å². The lowest BCUT2D eigenvalue weighted by Gasteiger charge is -2.21. The van der Waals surface area contributed by atoms with Crippen LogP contribution in [0, 0.1) is 0 Å². The number of nitrogens with zero attached hydrogens (tertiary/aromatic N) is 5. The molecule has 0 bridgehead atoms. The summed E-state index contributed by atoms with van der Waals surface area (Å²) < 4.78 is 2.01. The van der Waals surface area contributed by atoms with Crippen LogP contribution in [0.15, 0.2) is 42.0 Å². The van der Waals surface area contributed by atoms with E-state index in [4.69, 9.17) is 4.99 Å². The van der Waals surface area contributed by atoms with Gasteiger partial charge in [0, 0.05) is 39.3 Å². The third-order valence-corrected chi connectivity index (χ3v) is 3.58. The molecule has 2 aromatic heterocycles. The number of hydrogen-bond acceptors (Lipinski definition) is 3. The predicted molar refractivity (Wildman–Crippen MR) is 94.7 cm³/mol. The third-order valence-electron chi connectivity index (χ3n) is 3.58. The molecule has 0 aliphatic carbocycles. The minimum absolute atomic E-state index is 0.684. The zero-order valence-corrected chi connectivity index (χ0v) is 14.1. The van der Waals surface area contributed by atoms with Crippen LogP contribution < -0.4 is 5.32 Å². The van der Waals surface area contributed by atoms with Crippen molar-refractivity contribution in [1.82, 2.24) is 24.8 Å². The highest BCUT2D eigenvalue weighted by Crippen LogP contribution is 2.03. The van der Waals surface area contributed by atoms with Gasteiger partial charge in [0.05, 0.1) is 0 Å². The molecule has 6 nitrogen and oxygen atoms in total. The van der Waals surface area contributed by atoms with Crippen molar-refractivity contribution in [3.63, 3.8) is 0 Å². The van der Waals surface area contributed by atoms with E-state index in [2.05, 4.69) is 41.0 Å². The summed E-state index contributed by atoms with van der Waals surface area (Å²) in [5.74, 6) is 1.87. The zero-order chi connectivity index (χ0) is 16.5. The molecule has 0 radical (unpaired) electrons. The summed E-state index contributed by atoms with van der Waals surface area (Å²) in [7, 11) is 2.07. The number of aliphatic imine (C=N–C) groups is 1. The Morgan fingerprint density at radius 1 is 1.43 bits per heavy atom. The second-order valence-corrected chi connectivity index (χ2v) is 5.38. The summed E-state index contributed by atoms with van der Waals surface area (Å²) >= 11 is 0. The van der Waals surface area contributed by atoms with E-state index < -0.39 is 0 Å². The molecule has 0 aliphatic heterocycles. The van der Waals surface area contributed by atoms with E-state index in [0.29, 0.717) is 6.54 Å². The number of rotatable bonds is 8. The number of aromatic nitrogens is 3. The molecule has 2 rings (SSSR count). The van der Waals surface area contributed by atoms with Gasteiger partial charge in [0.15, 0.2) is 11.6 Å². The molecule has 124 valence electrons. The molecule has 0 unspecified atom stereocenters. The molecule has 23 heavy (non-hydrogen) atoms. The van der Waals surface area contributed by atoms with Gasteiger partial charge in [-0.05, 0) is 31.9 Å². The van der Waals surface area contributed by atoms with Gasteiger partial charge >= 0.3 is 0 Å². The first-order chi connectivity index (χ1) is 11.3. The van der Waals surface area contributed by atoms with Crippen molar-refractivity contribution in [1.29, 1.82) is 0 Å². The molecule has 0 aliphatic rings. The number of nitrogens with one attached hydrogen (secondary N) is 1. The molecule has 1 N–H and O–H groups in total. The maximum absolute atomic E-state index is 4.70. The minimum atomic E-state index is 0.684. The van der Waals surface area contributed by atoms with Gasteiger partial charge in [-0.2, -0.15) is 0 Å². The monoisotopic (exact) mass is 314 g/mol. The standard InChI is InChI=1S/C17H26N6/c1-4-6-8-13-22(3)17(18-5-2)19-12-11-16-21-20-15-10-7-9-14-23(15)16/h4,7,9-10,14H,1,5-6,8,11-13H2,2-3H3,(H,18,19). The molecule has 0 atom stereocenters. The first-order valence-electron chi connectivity index (χ1n) is 8.15. The number of unbranched alkanes of at least 4 members (excludes halogenated alkanes) is 1. The van der Waals surface area contributed by atoms with E-state index in [1.54, 1.807) is 0 Å². The summed E-state index contributed by atoms with van der Waals surface area (Å²) in [6.07, 6.45) is 6.81. The molecule has 2 aromatic rings. The van der Waals surface area contributed by atoms with Crippen LogP contribution in [0.25, 0.3) is 5.65 Å². The lowest BCUT2D eigenvalue weighted by molar-refractivity contribution is 0.470. The third kappa shape index (κ3) is 4.81. The average Bonchev–Trinajstić information content (AvgIpc) is 2.97. The molecular weight excluding hydrogens is 288 g/mol. The molecule has 0 saturated carbocycles. The Kier molecular flexibility index (Phi) is 6.59. The Morgan fingerprint density at radius 2 is 2.30 bits per heavy atom. The smallest absolute Gasteiger partial charge is 0.193 e. The normalized spacial score (nSPS) is 11.7. The van der Waals surface area contributed by atoms with Crippen LogP contribution in [0.5, 0.6) is 0 Å². The lowest BCUT2D eigenvalue weighted by atomic mass is 10.3. The van der Waals surface area contributed by atoms with Crippen molar-refractivity contribution >= 4 is 11.6 Å². The van der Waals surface area contributed by atoms with E-state index in [-0.39, 0.29) is 0 Å². The molecule has 0 aromatic carbocycles. The van der Waals surface area contributed by atoms with E-state index >= 15 is 0 Å². The highest BCUT2D eigenvalue weighted by Gasteiger charge is 2.06. The minimum Gasteiger partial charge on any atom is -0.357 e. The first-order valence-corrected chi connectivity index (χ1v) is 8.15. The van der Waals surface area contributed by atoms with Gasteiger partial charge in [0.25, 0.3) is 0 Å². The van der Waals surface area contributed by atoms with Crippen molar-refractivity contribution in [2.45, 2.75) is 26.2 Å². The fourth-order valence-electron chi connectivity index (χ4n) is 2.37. The summed E-state index contributed by atoms with van der Waals surface area (Å²) in [5, 5.41) is 11.7. The number of guanidine groups is 1. The van der Waals surface area contributed by atoms with Gasteiger partial charge in [-0.3, -0.25) is 9.39 Å². The van der Waals surface area contributed by atoms with Crippen molar-refractivity contribution in [2.24, 2.45) is 4.99 Å². The summed E-state index contributed by atoms with van der Waals surface area (Å²) in [5.41, 5.74) is 0.875. The van der Waals surface area contributed by atoms with E-state index in [1.165, 1.54) is 0 Å². The molecule has 0 fully saturated rings. The summed E-state index contributed by atoms with van der Waals surface area (Å²) in [6, 6.07) is 5.91. The van der Waals surface area contributed by atoms with Gasteiger partial charge in [0.1, 0.15) is 5.82 Å². The number of allylic oxidation sites excluding steroid dienone is 1. The Balaban J connectivity index is 1.95. The van der Waals surface area contributed by atoms with Crippen LogP contribution in [-0.4, -0.2) is 52.1 Å². The van der Waals surface area contributed by atoms with Crippen molar-refractivity contribution in [3.8, 4) is 0 Å². The maximum Gasteiger partial charge on any atom is 0.193 e. The topological polar surface area (TPSA) is 57.8 Å². The zero-order valence-electron chi connectivity index (χ0n) is 14.1. The second kappa shape index (κ2) is 8.92. The largest absolute Gasteiger partial charge is 0.357 e. The van der Waals surface area contributed by atoms with Crippen LogP contribution in [-0.2, 0) is 6.42 Å². The van der Waals surface area contributed by atoms with Crippen molar-refractivity contribution in [2.75, 3.05) is 26.7 Å². The first kappa shape index (κ1) is 17.0. The predicted octanol–water partition coefficient (Wildman–Crippen LogP) is 2.14. The molecule has 0 saturated heterocycles. The van der Waals surface area contributed by atoms with Crippen LogP contribution in [0.4, 0.5) is 0 Å². The fourth-order valence-corrected chi connectivity index (χ4v) is 2.37. The van der Waals surface area contributed by atoms with E-state index in [0.717, 1.165) is 49.8 Å². The highest BCUT2D eigenvalue weighted by molar-refractivity contribution is 5.79. The second-order valence-electron chi connectivity index (χ2n) is 5.38. The maximum atomic E-state index is 4.70.